The molecular formula is C14H11ClNO2-. The molecule has 0 fully saturated rings. The van der Waals surface area contributed by atoms with Gasteiger partial charge in [-0.25, -0.2) is 0 Å². The lowest BCUT2D eigenvalue weighted by molar-refractivity contribution is -0.246. The van der Waals surface area contributed by atoms with E-state index in [1.54, 1.807) is 24.3 Å². The van der Waals surface area contributed by atoms with Crippen LogP contribution in [0.2, 0.25) is 5.02 Å². The Balaban J connectivity index is 2.24. The van der Waals surface area contributed by atoms with Gasteiger partial charge >= 0.3 is 0 Å². The van der Waals surface area contributed by atoms with Crippen LogP contribution in [0.1, 0.15) is 5.56 Å². The Labute approximate surface area is 110 Å². The first-order valence-corrected chi connectivity index (χ1v) is 5.82. The number of hydrogen-bond donors (Lipinski definition) is 0. The third-order valence-electron chi connectivity index (χ3n) is 2.54. The lowest BCUT2D eigenvalue weighted by Crippen LogP contribution is -2.40. The summed E-state index contributed by atoms with van der Waals surface area (Å²) in [5.41, 5.74) is 1.44. The van der Waals surface area contributed by atoms with Crippen molar-refractivity contribution in [2.75, 3.05) is 4.90 Å². The van der Waals surface area contributed by atoms with Crippen LogP contribution in [0.15, 0.2) is 54.6 Å². The Hall–Kier alpha value is -2.00. The standard InChI is InChI=1S/C14H12ClNO2/c15-12-6-8-13(9-7-12)16(14(17)18)10-11-4-2-1-3-5-11/h1-9H,10H2,(H,17,18)/p-1. The fourth-order valence-electron chi connectivity index (χ4n) is 1.65. The molecule has 0 aliphatic heterocycles. The summed E-state index contributed by atoms with van der Waals surface area (Å²) >= 11 is 5.77. The molecule has 18 heavy (non-hydrogen) atoms. The van der Waals surface area contributed by atoms with Crippen molar-refractivity contribution in [2.45, 2.75) is 6.54 Å². The molecule has 0 aliphatic rings. The highest BCUT2D eigenvalue weighted by Crippen LogP contribution is 2.19. The molecule has 0 bridgehead atoms. The molecule has 3 nitrogen and oxygen atoms in total. The van der Waals surface area contributed by atoms with Crippen molar-refractivity contribution in [1.29, 1.82) is 0 Å². The zero-order valence-corrected chi connectivity index (χ0v) is 10.3. The van der Waals surface area contributed by atoms with E-state index in [9.17, 15) is 9.90 Å². The zero-order chi connectivity index (χ0) is 13.0. The van der Waals surface area contributed by atoms with Crippen LogP contribution in [0.25, 0.3) is 0 Å². The van der Waals surface area contributed by atoms with Gasteiger partial charge in [0.15, 0.2) is 0 Å². The molecule has 1 amide bonds. The van der Waals surface area contributed by atoms with Crippen molar-refractivity contribution in [3.63, 3.8) is 0 Å². The summed E-state index contributed by atoms with van der Waals surface area (Å²) in [7, 11) is 0. The van der Waals surface area contributed by atoms with E-state index in [0.717, 1.165) is 5.56 Å². The SMILES string of the molecule is O=C([O-])N(Cc1ccccc1)c1ccc(Cl)cc1. The smallest absolute Gasteiger partial charge is 0.141 e. The number of carboxylic acid groups (broad SMARTS) is 1. The third kappa shape index (κ3) is 3.02. The number of halogens is 1. The summed E-state index contributed by atoms with van der Waals surface area (Å²) in [4.78, 5) is 12.3. The van der Waals surface area contributed by atoms with E-state index >= 15 is 0 Å². The summed E-state index contributed by atoms with van der Waals surface area (Å²) in [5.74, 6) is 0. The fourth-order valence-corrected chi connectivity index (χ4v) is 1.77. The summed E-state index contributed by atoms with van der Waals surface area (Å²) in [5, 5.41) is 11.7. The normalized spacial score (nSPS) is 10.1. The van der Waals surface area contributed by atoms with E-state index in [-0.39, 0.29) is 6.54 Å². The number of hydrogen-bond acceptors (Lipinski definition) is 2. The average molecular weight is 261 g/mol. The Bertz CT molecular complexity index is 525. The molecule has 0 aromatic heterocycles. The monoisotopic (exact) mass is 260 g/mol. The molecule has 0 saturated carbocycles. The Kier molecular flexibility index (Phi) is 3.85. The van der Waals surface area contributed by atoms with E-state index in [0.29, 0.717) is 10.7 Å². The molecule has 2 aromatic carbocycles. The highest BCUT2D eigenvalue weighted by molar-refractivity contribution is 6.30. The predicted octanol–water partition coefficient (Wildman–Crippen LogP) is 2.69. The molecule has 0 atom stereocenters. The minimum Gasteiger partial charge on any atom is -0.530 e. The lowest BCUT2D eigenvalue weighted by atomic mass is 10.2. The van der Waals surface area contributed by atoms with Gasteiger partial charge in [0, 0.05) is 17.3 Å². The maximum Gasteiger partial charge on any atom is 0.141 e. The highest BCUT2D eigenvalue weighted by atomic mass is 35.5. The van der Waals surface area contributed by atoms with Gasteiger partial charge in [-0.2, -0.15) is 0 Å². The van der Waals surface area contributed by atoms with Gasteiger partial charge in [-0.15, -0.1) is 0 Å². The largest absolute Gasteiger partial charge is 0.530 e. The minimum absolute atomic E-state index is 0.255. The summed E-state index contributed by atoms with van der Waals surface area (Å²) in [6.07, 6.45) is -1.24. The molecule has 0 unspecified atom stereocenters. The van der Waals surface area contributed by atoms with Gasteiger partial charge in [0.1, 0.15) is 6.09 Å². The van der Waals surface area contributed by atoms with Crippen LogP contribution in [0.5, 0.6) is 0 Å². The first-order chi connectivity index (χ1) is 8.66. The second-order valence-electron chi connectivity index (χ2n) is 3.81. The lowest BCUT2D eigenvalue weighted by Gasteiger charge is -2.25. The van der Waals surface area contributed by atoms with Crippen LogP contribution in [0, 0.1) is 0 Å². The molecule has 0 N–H and O–H groups in total. The van der Waals surface area contributed by atoms with E-state index in [1.807, 2.05) is 30.3 Å². The van der Waals surface area contributed by atoms with Crippen molar-refractivity contribution < 1.29 is 9.90 Å². The van der Waals surface area contributed by atoms with Crippen molar-refractivity contribution in [3.8, 4) is 0 Å². The second-order valence-corrected chi connectivity index (χ2v) is 4.25. The van der Waals surface area contributed by atoms with Gasteiger partial charge in [0.25, 0.3) is 0 Å². The van der Waals surface area contributed by atoms with Gasteiger partial charge in [0.2, 0.25) is 0 Å². The van der Waals surface area contributed by atoms with Crippen LogP contribution in [0.4, 0.5) is 10.5 Å². The van der Waals surface area contributed by atoms with Crippen molar-refractivity contribution in [3.05, 3.63) is 65.2 Å². The molecule has 0 saturated heterocycles. The molecule has 92 valence electrons. The number of amides is 1. The molecule has 0 aliphatic carbocycles. The Morgan fingerprint density at radius 2 is 1.67 bits per heavy atom. The van der Waals surface area contributed by atoms with Crippen LogP contribution >= 0.6 is 11.6 Å². The van der Waals surface area contributed by atoms with Crippen LogP contribution in [-0.2, 0) is 6.54 Å². The van der Waals surface area contributed by atoms with Crippen molar-refractivity contribution in [2.24, 2.45) is 0 Å². The molecule has 2 rings (SSSR count). The minimum atomic E-state index is -1.24. The molecule has 4 heteroatoms. The molecule has 0 heterocycles. The van der Waals surface area contributed by atoms with E-state index < -0.39 is 6.09 Å². The summed E-state index contributed by atoms with van der Waals surface area (Å²) in [6, 6.07) is 16.0. The van der Waals surface area contributed by atoms with Crippen molar-refractivity contribution in [1.82, 2.24) is 0 Å². The van der Waals surface area contributed by atoms with Crippen molar-refractivity contribution >= 4 is 23.4 Å². The van der Waals surface area contributed by atoms with E-state index in [1.165, 1.54) is 4.90 Å². The second kappa shape index (κ2) is 5.56. The number of carbonyl (C=O) groups excluding carboxylic acids is 1. The maximum absolute atomic E-state index is 11.2. The molecule has 0 radical (unpaired) electrons. The summed E-state index contributed by atoms with van der Waals surface area (Å²) < 4.78 is 0. The van der Waals surface area contributed by atoms with Gasteiger partial charge < -0.3 is 14.8 Å². The number of anilines is 1. The quantitative estimate of drug-likeness (QED) is 0.852. The molecular weight excluding hydrogens is 250 g/mol. The zero-order valence-electron chi connectivity index (χ0n) is 9.54. The predicted molar refractivity (Wildman–Crippen MR) is 69.5 cm³/mol. The van der Waals surface area contributed by atoms with Gasteiger partial charge in [-0.05, 0) is 29.8 Å². The number of nitrogens with zero attached hydrogens (tertiary/aromatic N) is 1. The highest BCUT2D eigenvalue weighted by Gasteiger charge is 2.08. The van der Waals surface area contributed by atoms with Crippen LogP contribution in [0.3, 0.4) is 0 Å². The van der Waals surface area contributed by atoms with Crippen LogP contribution < -0.4 is 10.0 Å². The van der Waals surface area contributed by atoms with Gasteiger partial charge in [-0.1, -0.05) is 41.9 Å². The average Bonchev–Trinajstić information content (AvgIpc) is 2.38. The first-order valence-electron chi connectivity index (χ1n) is 5.45. The number of rotatable bonds is 3. The first kappa shape index (κ1) is 12.5. The Morgan fingerprint density at radius 3 is 2.22 bits per heavy atom. The van der Waals surface area contributed by atoms with Gasteiger partial charge in [0.05, 0.1) is 0 Å². The van der Waals surface area contributed by atoms with Gasteiger partial charge in [-0.3, -0.25) is 0 Å². The summed E-state index contributed by atoms with van der Waals surface area (Å²) in [6.45, 7) is 0.255. The fraction of sp³-hybridized carbons (Fsp3) is 0.0714. The number of carbonyl (C=O) groups is 1. The molecule has 0 spiro atoms. The maximum atomic E-state index is 11.2. The van der Waals surface area contributed by atoms with E-state index in [2.05, 4.69) is 0 Å². The molecule has 2 aromatic rings. The van der Waals surface area contributed by atoms with Crippen LogP contribution in [-0.4, -0.2) is 6.09 Å². The Morgan fingerprint density at radius 1 is 1.06 bits per heavy atom. The topological polar surface area (TPSA) is 43.4 Å². The third-order valence-corrected chi connectivity index (χ3v) is 2.79. The number of benzene rings is 2. The van der Waals surface area contributed by atoms with E-state index in [4.69, 9.17) is 11.6 Å².